The van der Waals surface area contributed by atoms with Crippen LogP contribution in [-0.2, 0) is 0 Å². The SMILES string of the molecule is Cc1cc(F)ccc1C(O)C1(C#N)CCCCCC1. The summed E-state index contributed by atoms with van der Waals surface area (Å²) in [6, 6.07) is 6.74. The van der Waals surface area contributed by atoms with Gasteiger partial charge in [0.25, 0.3) is 0 Å². The molecule has 1 aromatic rings. The van der Waals surface area contributed by atoms with E-state index in [2.05, 4.69) is 6.07 Å². The number of aryl methyl sites for hydroxylation is 1. The summed E-state index contributed by atoms with van der Waals surface area (Å²) in [4.78, 5) is 0. The van der Waals surface area contributed by atoms with E-state index in [0.29, 0.717) is 11.1 Å². The number of halogens is 1. The summed E-state index contributed by atoms with van der Waals surface area (Å²) < 4.78 is 13.1. The quantitative estimate of drug-likeness (QED) is 0.817. The molecule has 0 saturated heterocycles. The van der Waals surface area contributed by atoms with Crippen LogP contribution >= 0.6 is 0 Å². The Morgan fingerprint density at radius 1 is 1.26 bits per heavy atom. The van der Waals surface area contributed by atoms with Gasteiger partial charge in [0, 0.05) is 0 Å². The normalized spacial score (nSPS) is 20.3. The third-order valence-electron chi connectivity index (χ3n) is 4.27. The van der Waals surface area contributed by atoms with Crippen LogP contribution in [0.2, 0.25) is 0 Å². The van der Waals surface area contributed by atoms with E-state index in [1.54, 1.807) is 13.0 Å². The standard InChI is InChI=1S/C16H20FNO/c1-12-10-13(17)6-7-14(12)15(19)16(11-18)8-4-2-3-5-9-16/h6-7,10,15,19H,2-5,8-9H2,1H3. The highest BCUT2D eigenvalue weighted by molar-refractivity contribution is 5.31. The van der Waals surface area contributed by atoms with Gasteiger partial charge in [-0.05, 0) is 43.0 Å². The number of nitrogens with zero attached hydrogens (tertiary/aromatic N) is 1. The molecule has 2 rings (SSSR count). The van der Waals surface area contributed by atoms with Crippen molar-refractivity contribution in [2.24, 2.45) is 5.41 Å². The van der Waals surface area contributed by atoms with E-state index >= 15 is 0 Å². The molecule has 19 heavy (non-hydrogen) atoms. The number of rotatable bonds is 2. The lowest BCUT2D eigenvalue weighted by atomic mass is 9.73. The Bertz CT molecular complexity index is 484. The number of aliphatic hydroxyl groups is 1. The van der Waals surface area contributed by atoms with Crippen molar-refractivity contribution in [1.29, 1.82) is 5.26 Å². The molecule has 0 aliphatic heterocycles. The van der Waals surface area contributed by atoms with Crippen LogP contribution in [0, 0.1) is 29.5 Å². The molecule has 1 aromatic carbocycles. The van der Waals surface area contributed by atoms with Crippen LogP contribution in [0.4, 0.5) is 4.39 Å². The molecule has 0 aromatic heterocycles. The summed E-state index contributed by atoms with van der Waals surface area (Å²) in [5.41, 5.74) is 0.690. The van der Waals surface area contributed by atoms with Crippen LogP contribution < -0.4 is 0 Å². The van der Waals surface area contributed by atoms with Gasteiger partial charge in [-0.15, -0.1) is 0 Å². The van der Waals surface area contributed by atoms with Crippen molar-refractivity contribution in [2.45, 2.75) is 51.6 Å². The van der Waals surface area contributed by atoms with Crippen molar-refractivity contribution in [2.75, 3.05) is 0 Å². The highest BCUT2D eigenvalue weighted by Gasteiger charge is 2.39. The molecule has 0 radical (unpaired) electrons. The Balaban J connectivity index is 2.34. The molecule has 1 N–H and O–H groups in total. The molecule has 0 bridgehead atoms. The molecule has 3 heteroatoms. The van der Waals surface area contributed by atoms with Crippen LogP contribution in [0.25, 0.3) is 0 Å². The van der Waals surface area contributed by atoms with Crippen LogP contribution in [0.3, 0.4) is 0 Å². The Morgan fingerprint density at radius 2 is 1.89 bits per heavy atom. The molecule has 1 saturated carbocycles. The topological polar surface area (TPSA) is 44.0 Å². The smallest absolute Gasteiger partial charge is 0.123 e. The van der Waals surface area contributed by atoms with Gasteiger partial charge in [-0.3, -0.25) is 0 Å². The Labute approximate surface area is 113 Å². The Morgan fingerprint density at radius 3 is 2.42 bits per heavy atom. The number of benzene rings is 1. The van der Waals surface area contributed by atoms with Crippen molar-refractivity contribution < 1.29 is 9.50 Å². The zero-order valence-corrected chi connectivity index (χ0v) is 11.3. The van der Waals surface area contributed by atoms with Crippen LogP contribution in [0.15, 0.2) is 18.2 Å². The Hall–Kier alpha value is -1.40. The van der Waals surface area contributed by atoms with Gasteiger partial charge in [0.2, 0.25) is 0 Å². The second kappa shape index (κ2) is 5.71. The maximum absolute atomic E-state index is 13.1. The van der Waals surface area contributed by atoms with Crippen molar-refractivity contribution >= 4 is 0 Å². The highest BCUT2D eigenvalue weighted by atomic mass is 19.1. The van der Waals surface area contributed by atoms with E-state index in [9.17, 15) is 14.8 Å². The van der Waals surface area contributed by atoms with E-state index < -0.39 is 11.5 Å². The van der Waals surface area contributed by atoms with Crippen LogP contribution in [0.1, 0.15) is 55.8 Å². The van der Waals surface area contributed by atoms with E-state index in [-0.39, 0.29) is 5.82 Å². The molecule has 1 fully saturated rings. The fourth-order valence-electron chi connectivity index (χ4n) is 3.05. The first-order valence-electron chi connectivity index (χ1n) is 6.94. The Kier molecular flexibility index (Phi) is 4.21. The minimum atomic E-state index is -0.823. The minimum Gasteiger partial charge on any atom is -0.387 e. The summed E-state index contributed by atoms with van der Waals surface area (Å²) in [6.07, 6.45) is 4.83. The molecule has 0 heterocycles. The maximum Gasteiger partial charge on any atom is 0.123 e. The molecule has 1 aliphatic rings. The first kappa shape index (κ1) is 14.0. The van der Waals surface area contributed by atoms with Gasteiger partial charge >= 0.3 is 0 Å². The molecular weight excluding hydrogens is 241 g/mol. The highest BCUT2D eigenvalue weighted by Crippen LogP contribution is 2.45. The summed E-state index contributed by atoms with van der Waals surface area (Å²) in [7, 11) is 0. The first-order chi connectivity index (χ1) is 9.09. The summed E-state index contributed by atoms with van der Waals surface area (Å²) in [5.74, 6) is -0.305. The van der Waals surface area contributed by atoms with E-state index in [4.69, 9.17) is 0 Å². The van der Waals surface area contributed by atoms with Crippen molar-refractivity contribution in [3.8, 4) is 6.07 Å². The second-order valence-electron chi connectivity index (χ2n) is 5.59. The fraction of sp³-hybridized carbons (Fsp3) is 0.562. The lowest BCUT2D eigenvalue weighted by molar-refractivity contribution is 0.0511. The number of nitriles is 1. The molecule has 0 amide bonds. The summed E-state index contributed by atoms with van der Waals surface area (Å²) in [5, 5.41) is 20.2. The predicted molar refractivity (Wildman–Crippen MR) is 71.8 cm³/mol. The lowest BCUT2D eigenvalue weighted by Gasteiger charge is -2.31. The van der Waals surface area contributed by atoms with Gasteiger partial charge in [0.05, 0.1) is 17.6 Å². The molecule has 1 unspecified atom stereocenters. The third-order valence-corrected chi connectivity index (χ3v) is 4.27. The van der Waals surface area contributed by atoms with Crippen LogP contribution in [-0.4, -0.2) is 5.11 Å². The maximum atomic E-state index is 13.1. The third kappa shape index (κ3) is 2.79. The zero-order valence-electron chi connectivity index (χ0n) is 11.3. The average molecular weight is 261 g/mol. The van der Waals surface area contributed by atoms with Crippen molar-refractivity contribution in [3.63, 3.8) is 0 Å². The molecular formula is C16H20FNO. The van der Waals surface area contributed by atoms with Crippen molar-refractivity contribution in [1.82, 2.24) is 0 Å². The van der Waals surface area contributed by atoms with Gasteiger partial charge in [-0.1, -0.05) is 31.7 Å². The second-order valence-corrected chi connectivity index (χ2v) is 5.59. The van der Waals surface area contributed by atoms with Crippen LogP contribution in [0.5, 0.6) is 0 Å². The number of aliphatic hydroxyl groups excluding tert-OH is 1. The predicted octanol–water partition coefficient (Wildman–Crippen LogP) is 4.03. The molecule has 1 aliphatic carbocycles. The van der Waals surface area contributed by atoms with E-state index in [1.807, 2.05) is 0 Å². The fourth-order valence-corrected chi connectivity index (χ4v) is 3.05. The zero-order chi connectivity index (χ0) is 13.9. The van der Waals surface area contributed by atoms with Gasteiger partial charge in [0.15, 0.2) is 0 Å². The average Bonchev–Trinajstić information content (AvgIpc) is 2.64. The molecule has 2 nitrogen and oxygen atoms in total. The molecule has 1 atom stereocenters. The van der Waals surface area contributed by atoms with E-state index in [0.717, 1.165) is 38.5 Å². The van der Waals surface area contributed by atoms with Gasteiger partial charge in [0.1, 0.15) is 5.82 Å². The number of hydrogen-bond donors (Lipinski definition) is 1. The first-order valence-corrected chi connectivity index (χ1v) is 6.94. The lowest BCUT2D eigenvalue weighted by Crippen LogP contribution is -2.27. The molecule has 102 valence electrons. The van der Waals surface area contributed by atoms with Crippen molar-refractivity contribution in [3.05, 3.63) is 35.1 Å². The monoisotopic (exact) mass is 261 g/mol. The summed E-state index contributed by atoms with van der Waals surface area (Å²) >= 11 is 0. The largest absolute Gasteiger partial charge is 0.387 e. The van der Waals surface area contributed by atoms with Gasteiger partial charge in [-0.25, -0.2) is 4.39 Å². The summed E-state index contributed by atoms with van der Waals surface area (Å²) in [6.45, 7) is 1.78. The van der Waals surface area contributed by atoms with Gasteiger partial charge in [-0.2, -0.15) is 5.26 Å². The van der Waals surface area contributed by atoms with Gasteiger partial charge < -0.3 is 5.11 Å². The minimum absolute atomic E-state index is 0.305. The van der Waals surface area contributed by atoms with E-state index in [1.165, 1.54) is 12.1 Å². The number of hydrogen-bond acceptors (Lipinski definition) is 2. The molecule has 0 spiro atoms.